The Morgan fingerprint density at radius 3 is 1.29 bits per heavy atom. The fraction of sp³-hybridized carbons (Fsp3) is 0.222. The second kappa shape index (κ2) is 10.4. The van der Waals surface area contributed by atoms with Crippen LogP contribution in [0.15, 0.2) is 31.2 Å². The Balaban J connectivity index is 0. The van der Waals surface area contributed by atoms with E-state index in [0.29, 0.717) is 5.57 Å². The molecule has 0 atom stereocenters. The number of ether oxygens (including phenoxy) is 1. The van der Waals surface area contributed by atoms with Crippen molar-refractivity contribution in [2.45, 2.75) is 6.92 Å². The molecule has 0 N–H and O–H groups in total. The standard InChI is InChI=1S/C5H8O2.C4Cl6/c1-4(2)5(6)7-3;5-1(3(7)8)2(6)4(9)10/h1H2,2-3H3;. The van der Waals surface area contributed by atoms with Crippen LogP contribution in [0.25, 0.3) is 0 Å². The summed E-state index contributed by atoms with van der Waals surface area (Å²) in [5.41, 5.74) is 0.433. The highest BCUT2D eigenvalue weighted by Crippen LogP contribution is 2.32. The number of methoxy groups -OCH3 is 1. The van der Waals surface area contributed by atoms with Gasteiger partial charge in [0.05, 0.1) is 17.2 Å². The van der Waals surface area contributed by atoms with Gasteiger partial charge in [0, 0.05) is 5.57 Å². The molecule has 2 nitrogen and oxygen atoms in total. The molecular weight excluding hydrogens is 353 g/mol. The summed E-state index contributed by atoms with van der Waals surface area (Å²) >= 11 is 31.8. The van der Waals surface area contributed by atoms with Crippen LogP contribution in [0.1, 0.15) is 6.92 Å². The van der Waals surface area contributed by atoms with Crippen molar-refractivity contribution in [3.8, 4) is 0 Å². The monoisotopic (exact) mass is 358 g/mol. The highest BCUT2D eigenvalue weighted by molar-refractivity contribution is 6.65. The third kappa shape index (κ3) is 10.1. The minimum Gasteiger partial charge on any atom is -0.466 e. The molecule has 98 valence electrons. The number of hydrogen-bond donors (Lipinski definition) is 0. The molecule has 0 aromatic carbocycles. The molecule has 0 heterocycles. The molecule has 0 aromatic rings. The van der Waals surface area contributed by atoms with E-state index in [0.717, 1.165) is 0 Å². The molecule has 8 heteroatoms. The lowest BCUT2D eigenvalue weighted by Crippen LogP contribution is -1.98. The van der Waals surface area contributed by atoms with E-state index in [-0.39, 0.29) is 25.0 Å². The van der Waals surface area contributed by atoms with Crippen molar-refractivity contribution in [2.75, 3.05) is 7.11 Å². The first kappa shape index (κ1) is 19.8. The zero-order valence-electron chi connectivity index (χ0n) is 8.79. The maximum absolute atomic E-state index is 10.2. The third-order valence-electron chi connectivity index (χ3n) is 1.06. The van der Waals surface area contributed by atoms with Crippen molar-refractivity contribution < 1.29 is 9.53 Å². The van der Waals surface area contributed by atoms with Gasteiger partial charge in [0.25, 0.3) is 0 Å². The lowest BCUT2D eigenvalue weighted by molar-refractivity contribution is -0.136. The molecule has 0 aliphatic heterocycles. The molecule has 0 aromatic heterocycles. The summed E-state index contributed by atoms with van der Waals surface area (Å²) in [4.78, 5) is 10.2. The van der Waals surface area contributed by atoms with Crippen LogP contribution in [0.2, 0.25) is 0 Å². The number of carbonyl (C=O) groups is 1. The topological polar surface area (TPSA) is 26.3 Å². The van der Waals surface area contributed by atoms with Gasteiger partial charge in [0.15, 0.2) is 0 Å². The van der Waals surface area contributed by atoms with Crippen molar-refractivity contribution in [1.82, 2.24) is 0 Å². The second-order valence-corrected chi connectivity index (χ2v) is 5.08. The molecule has 0 bridgehead atoms. The van der Waals surface area contributed by atoms with Crippen LogP contribution in [0, 0.1) is 0 Å². The molecule has 0 saturated carbocycles. The van der Waals surface area contributed by atoms with E-state index in [1.165, 1.54) is 7.11 Å². The minimum atomic E-state index is -0.347. The van der Waals surface area contributed by atoms with Gasteiger partial charge in [0.1, 0.15) is 8.98 Å². The van der Waals surface area contributed by atoms with Crippen molar-refractivity contribution in [2.24, 2.45) is 0 Å². The molecule has 0 rings (SSSR count). The molecule has 0 aliphatic rings. The summed E-state index contributed by atoms with van der Waals surface area (Å²) < 4.78 is 3.92. The first-order chi connectivity index (χ1) is 7.64. The molecular formula is C9H8Cl6O2. The Hall–Kier alpha value is 0.430. The van der Waals surface area contributed by atoms with Gasteiger partial charge in [-0.1, -0.05) is 76.2 Å². The summed E-state index contributed by atoms with van der Waals surface area (Å²) in [5, 5.41) is -0.130. The van der Waals surface area contributed by atoms with E-state index in [4.69, 9.17) is 69.6 Å². The molecule has 0 saturated heterocycles. The summed E-state index contributed by atoms with van der Waals surface area (Å²) in [7, 11) is 1.33. The number of halogens is 6. The van der Waals surface area contributed by atoms with E-state index < -0.39 is 0 Å². The quantitative estimate of drug-likeness (QED) is 0.369. The van der Waals surface area contributed by atoms with Crippen molar-refractivity contribution >= 4 is 75.6 Å². The van der Waals surface area contributed by atoms with Gasteiger partial charge in [-0.25, -0.2) is 4.79 Å². The van der Waals surface area contributed by atoms with Gasteiger partial charge in [0.2, 0.25) is 0 Å². The van der Waals surface area contributed by atoms with Crippen LogP contribution < -0.4 is 0 Å². The molecule has 0 fully saturated rings. The third-order valence-corrected chi connectivity index (χ3v) is 3.05. The van der Waals surface area contributed by atoms with Crippen LogP contribution in [-0.2, 0) is 9.53 Å². The predicted molar refractivity (Wildman–Crippen MR) is 76.0 cm³/mol. The Bertz CT molecular complexity index is 328. The lowest BCUT2D eigenvalue weighted by Gasteiger charge is -1.94. The molecule has 0 spiro atoms. The van der Waals surface area contributed by atoms with Gasteiger partial charge in [-0.05, 0) is 6.92 Å². The van der Waals surface area contributed by atoms with Crippen molar-refractivity contribution in [3.63, 3.8) is 0 Å². The second-order valence-electron chi connectivity index (χ2n) is 2.42. The van der Waals surface area contributed by atoms with E-state index in [9.17, 15) is 4.79 Å². The average Bonchev–Trinajstić information content (AvgIpc) is 2.26. The minimum absolute atomic E-state index is 0.0648. The summed E-state index contributed by atoms with van der Waals surface area (Å²) in [5.74, 6) is -0.347. The highest BCUT2D eigenvalue weighted by atomic mass is 35.5. The molecule has 0 amide bonds. The van der Waals surface area contributed by atoms with Gasteiger partial charge in [-0.15, -0.1) is 0 Å². The number of allylic oxidation sites excluding steroid dienone is 2. The fourth-order valence-electron chi connectivity index (χ4n) is 0.340. The predicted octanol–water partition coefficient (Wildman–Crippen LogP) is 5.49. The van der Waals surface area contributed by atoms with Crippen LogP contribution in [0.5, 0.6) is 0 Å². The Morgan fingerprint density at radius 2 is 1.24 bits per heavy atom. The Labute approximate surface area is 130 Å². The zero-order chi connectivity index (χ0) is 14.2. The first-order valence-corrected chi connectivity index (χ1v) is 6.07. The molecule has 0 radical (unpaired) electrons. The number of carbonyl (C=O) groups excluding carboxylic acids is 1. The van der Waals surface area contributed by atoms with Crippen LogP contribution in [-0.4, -0.2) is 13.1 Å². The van der Waals surface area contributed by atoms with Gasteiger partial charge >= 0.3 is 5.97 Å². The summed E-state index contributed by atoms with van der Waals surface area (Å²) in [6.45, 7) is 4.95. The average molecular weight is 361 g/mol. The SMILES string of the molecule is C=C(C)C(=O)OC.ClC(Cl)=C(Cl)C(Cl)=C(Cl)Cl. The van der Waals surface area contributed by atoms with E-state index in [1.807, 2.05) is 0 Å². The van der Waals surface area contributed by atoms with Gasteiger partial charge in [-0.2, -0.15) is 0 Å². The summed E-state index contributed by atoms with van der Waals surface area (Å²) in [6.07, 6.45) is 0. The lowest BCUT2D eigenvalue weighted by atomic mass is 10.4. The van der Waals surface area contributed by atoms with Gasteiger partial charge in [-0.3, -0.25) is 0 Å². The molecule has 17 heavy (non-hydrogen) atoms. The van der Waals surface area contributed by atoms with E-state index in [1.54, 1.807) is 6.92 Å². The highest BCUT2D eigenvalue weighted by Gasteiger charge is 2.07. The van der Waals surface area contributed by atoms with Crippen LogP contribution in [0.3, 0.4) is 0 Å². The number of esters is 1. The maximum Gasteiger partial charge on any atom is 0.332 e. The number of hydrogen-bond acceptors (Lipinski definition) is 2. The fourth-order valence-corrected chi connectivity index (χ4v) is 1.10. The Morgan fingerprint density at radius 1 is 0.941 bits per heavy atom. The largest absolute Gasteiger partial charge is 0.466 e. The van der Waals surface area contributed by atoms with Gasteiger partial charge < -0.3 is 4.74 Å². The molecule has 0 unspecified atom stereocenters. The smallest absolute Gasteiger partial charge is 0.332 e. The van der Waals surface area contributed by atoms with Crippen molar-refractivity contribution in [1.29, 1.82) is 0 Å². The first-order valence-electron chi connectivity index (χ1n) is 3.80. The zero-order valence-corrected chi connectivity index (χ0v) is 13.3. The summed E-state index contributed by atoms with van der Waals surface area (Å²) in [6, 6.07) is 0. The van der Waals surface area contributed by atoms with Crippen molar-refractivity contribution in [3.05, 3.63) is 31.2 Å². The Kier molecular flexibility index (Phi) is 12.0. The van der Waals surface area contributed by atoms with Crippen LogP contribution in [0.4, 0.5) is 0 Å². The van der Waals surface area contributed by atoms with E-state index >= 15 is 0 Å². The van der Waals surface area contributed by atoms with E-state index in [2.05, 4.69) is 11.3 Å². The maximum atomic E-state index is 10.2. The normalized spacial score (nSPS) is 8.47. The molecule has 0 aliphatic carbocycles. The van der Waals surface area contributed by atoms with Crippen LogP contribution >= 0.6 is 69.6 Å². The number of rotatable bonds is 2.